The zero-order valence-electron chi connectivity index (χ0n) is 17.9. The lowest BCUT2D eigenvalue weighted by Gasteiger charge is -2.16. The number of para-hydroxylation sites is 1. The molecule has 0 bridgehead atoms. The molecule has 32 heavy (non-hydrogen) atoms. The van der Waals surface area contributed by atoms with E-state index in [0.29, 0.717) is 17.1 Å². The maximum Gasteiger partial charge on any atom is 0.297 e. The number of hydrogen-bond donors (Lipinski definition) is 3. The first-order valence-corrected chi connectivity index (χ1v) is 9.96. The summed E-state index contributed by atoms with van der Waals surface area (Å²) in [7, 11) is 4.71. The second-order valence-corrected chi connectivity index (χ2v) is 7.28. The topological polar surface area (TPSA) is 132 Å². The number of anilines is 3. The van der Waals surface area contributed by atoms with Crippen molar-refractivity contribution in [3.8, 4) is 17.0 Å². The Morgan fingerprint density at radius 3 is 2.59 bits per heavy atom. The molecular formula is C21H23N7O4. The highest BCUT2D eigenvalue weighted by Crippen LogP contribution is 2.38. The fraction of sp³-hybridized carbons (Fsp3) is 0.286. The van der Waals surface area contributed by atoms with Crippen LogP contribution in [0.2, 0.25) is 0 Å². The Morgan fingerprint density at radius 2 is 1.94 bits per heavy atom. The first kappa shape index (κ1) is 21.2. The van der Waals surface area contributed by atoms with Gasteiger partial charge in [-0.3, -0.25) is 19.1 Å². The van der Waals surface area contributed by atoms with Crippen molar-refractivity contribution in [2.24, 2.45) is 13.0 Å². The van der Waals surface area contributed by atoms with Crippen molar-refractivity contribution in [3.05, 3.63) is 42.2 Å². The molecule has 11 heteroatoms. The second-order valence-electron chi connectivity index (χ2n) is 7.28. The molecule has 0 radical (unpaired) electrons. The number of ether oxygens (including phenoxy) is 1. The molecule has 0 atom stereocenters. The molecule has 2 aromatic heterocycles. The minimum Gasteiger partial charge on any atom is -0.494 e. The zero-order valence-corrected chi connectivity index (χ0v) is 17.9. The third kappa shape index (κ3) is 4.52. The third-order valence-electron chi connectivity index (χ3n) is 4.88. The summed E-state index contributed by atoms with van der Waals surface area (Å²) >= 11 is 0. The molecule has 3 N–H and O–H groups in total. The molecule has 0 saturated heterocycles. The van der Waals surface area contributed by atoms with E-state index in [1.807, 2.05) is 31.4 Å². The number of aryl methyl sites for hydroxylation is 1. The number of benzene rings is 1. The average Bonchev–Trinajstić information content (AvgIpc) is 3.55. The van der Waals surface area contributed by atoms with E-state index in [4.69, 9.17) is 9.57 Å². The van der Waals surface area contributed by atoms with Crippen LogP contribution in [0.1, 0.15) is 23.3 Å². The van der Waals surface area contributed by atoms with E-state index in [0.717, 1.165) is 24.1 Å². The highest BCUT2D eigenvalue weighted by molar-refractivity contribution is 5.99. The summed E-state index contributed by atoms with van der Waals surface area (Å²) < 4.78 is 7.35. The van der Waals surface area contributed by atoms with Crippen LogP contribution in [0.5, 0.6) is 5.75 Å². The molecule has 1 aromatic carbocycles. The summed E-state index contributed by atoms with van der Waals surface area (Å²) in [6, 6.07) is 8.95. The molecule has 3 aromatic rings. The Hall–Kier alpha value is -3.99. The van der Waals surface area contributed by atoms with Crippen molar-refractivity contribution < 1.29 is 19.2 Å². The maximum absolute atomic E-state index is 12.4. The standard InChI is InChI=1S/C21H23N7O4/c1-28-10-9-14(26-28)13-5-4-6-15(19(13)31-2)22-16-11-17(23-20(29)12-7-8-12)24-25-18(16)21(30)27-32-3/h4-6,9-12H,7-8H2,1-3H3,(H,27,30)(H2,22,23,24,29). The van der Waals surface area contributed by atoms with Crippen molar-refractivity contribution in [2.45, 2.75) is 12.8 Å². The van der Waals surface area contributed by atoms with Gasteiger partial charge < -0.3 is 15.4 Å². The summed E-state index contributed by atoms with van der Waals surface area (Å²) in [5, 5.41) is 18.3. The zero-order chi connectivity index (χ0) is 22.7. The number of nitrogens with zero attached hydrogens (tertiary/aromatic N) is 4. The molecule has 2 amide bonds. The molecule has 1 aliphatic carbocycles. The highest BCUT2D eigenvalue weighted by atomic mass is 16.6. The number of carbonyl (C=O) groups is 2. The number of hydrogen-bond acceptors (Lipinski definition) is 8. The van der Waals surface area contributed by atoms with E-state index in [2.05, 4.69) is 31.4 Å². The van der Waals surface area contributed by atoms with Gasteiger partial charge in [-0.2, -0.15) is 5.10 Å². The van der Waals surface area contributed by atoms with Gasteiger partial charge in [0.2, 0.25) is 5.91 Å². The SMILES string of the molecule is CONC(=O)c1nnc(NC(=O)C2CC2)cc1Nc1cccc(-c2ccn(C)n2)c1OC. The first-order valence-electron chi connectivity index (χ1n) is 9.96. The van der Waals surface area contributed by atoms with Crippen LogP contribution >= 0.6 is 0 Å². The van der Waals surface area contributed by atoms with Crippen molar-refractivity contribution in [1.29, 1.82) is 0 Å². The van der Waals surface area contributed by atoms with E-state index in [1.165, 1.54) is 7.11 Å². The Bertz CT molecular complexity index is 1160. The molecule has 1 aliphatic rings. The van der Waals surface area contributed by atoms with Crippen LogP contribution in [-0.2, 0) is 16.7 Å². The van der Waals surface area contributed by atoms with Crippen LogP contribution in [0.25, 0.3) is 11.3 Å². The smallest absolute Gasteiger partial charge is 0.297 e. The van der Waals surface area contributed by atoms with Crippen LogP contribution in [0.4, 0.5) is 17.2 Å². The Kier molecular flexibility index (Phi) is 5.99. The van der Waals surface area contributed by atoms with Gasteiger partial charge in [-0.25, -0.2) is 5.48 Å². The lowest BCUT2D eigenvalue weighted by molar-refractivity contribution is -0.117. The number of amides is 2. The van der Waals surface area contributed by atoms with Crippen LogP contribution in [0.15, 0.2) is 36.5 Å². The van der Waals surface area contributed by atoms with Crippen molar-refractivity contribution >= 4 is 29.0 Å². The third-order valence-corrected chi connectivity index (χ3v) is 4.88. The predicted molar refractivity (Wildman–Crippen MR) is 116 cm³/mol. The Morgan fingerprint density at radius 1 is 1.12 bits per heavy atom. The molecule has 0 spiro atoms. The van der Waals surface area contributed by atoms with Crippen LogP contribution < -0.4 is 20.9 Å². The molecule has 2 heterocycles. The summed E-state index contributed by atoms with van der Waals surface area (Å²) in [5.41, 5.74) is 4.62. The minimum atomic E-state index is -0.595. The number of hydroxylamine groups is 1. The molecule has 166 valence electrons. The largest absolute Gasteiger partial charge is 0.494 e. The van der Waals surface area contributed by atoms with Gasteiger partial charge in [-0.15, -0.1) is 10.2 Å². The molecule has 11 nitrogen and oxygen atoms in total. The number of carbonyl (C=O) groups excluding carboxylic acids is 2. The average molecular weight is 437 g/mol. The van der Waals surface area contributed by atoms with Crippen LogP contribution in [0.3, 0.4) is 0 Å². The molecule has 1 fully saturated rings. The van der Waals surface area contributed by atoms with E-state index in [1.54, 1.807) is 23.9 Å². The van der Waals surface area contributed by atoms with Gasteiger partial charge in [0, 0.05) is 30.8 Å². The number of methoxy groups -OCH3 is 1. The van der Waals surface area contributed by atoms with Crippen molar-refractivity contribution in [1.82, 2.24) is 25.5 Å². The molecule has 0 unspecified atom stereocenters. The lowest BCUT2D eigenvalue weighted by Crippen LogP contribution is -2.25. The van der Waals surface area contributed by atoms with Crippen molar-refractivity contribution in [2.75, 3.05) is 24.9 Å². The van der Waals surface area contributed by atoms with Crippen molar-refractivity contribution in [3.63, 3.8) is 0 Å². The highest BCUT2D eigenvalue weighted by Gasteiger charge is 2.30. The van der Waals surface area contributed by atoms with E-state index in [-0.39, 0.29) is 23.3 Å². The van der Waals surface area contributed by atoms with Gasteiger partial charge >= 0.3 is 0 Å². The van der Waals surface area contributed by atoms with Gasteiger partial charge in [-0.05, 0) is 31.0 Å². The minimum absolute atomic E-state index is 0.000163. The van der Waals surface area contributed by atoms with Crippen LogP contribution in [0, 0.1) is 5.92 Å². The fourth-order valence-electron chi connectivity index (χ4n) is 3.19. The summed E-state index contributed by atoms with van der Waals surface area (Å²) in [6.45, 7) is 0. The summed E-state index contributed by atoms with van der Waals surface area (Å²) in [6.07, 6.45) is 3.55. The summed E-state index contributed by atoms with van der Waals surface area (Å²) in [4.78, 5) is 29.3. The molecule has 1 saturated carbocycles. The maximum atomic E-state index is 12.4. The van der Waals surface area contributed by atoms with Gasteiger partial charge in [0.05, 0.1) is 31.3 Å². The first-order chi connectivity index (χ1) is 15.5. The van der Waals surface area contributed by atoms with E-state index >= 15 is 0 Å². The second kappa shape index (κ2) is 9.02. The van der Waals surface area contributed by atoms with Crippen LogP contribution in [-0.4, -0.2) is 46.0 Å². The van der Waals surface area contributed by atoms with Gasteiger partial charge in [0.15, 0.2) is 17.3 Å². The molecule has 0 aliphatic heterocycles. The lowest BCUT2D eigenvalue weighted by atomic mass is 10.1. The number of aromatic nitrogens is 4. The summed E-state index contributed by atoms with van der Waals surface area (Å²) in [5.74, 6) is 0.0548. The normalized spacial score (nSPS) is 12.8. The number of nitrogens with one attached hydrogen (secondary N) is 3. The quantitative estimate of drug-likeness (QED) is 0.457. The monoisotopic (exact) mass is 437 g/mol. The van der Waals surface area contributed by atoms with E-state index in [9.17, 15) is 9.59 Å². The van der Waals surface area contributed by atoms with Gasteiger partial charge in [-0.1, -0.05) is 6.07 Å². The molecular weight excluding hydrogens is 414 g/mol. The Labute approximate surface area is 184 Å². The van der Waals surface area contributed by atoms with Gasteiger partial charge in [0.1, 0.15) is 0 Å². The molecule has 4 rings (SSSR count). The number of rotatable bonds is 8. The van der Waals surface area contributed by atoms with E-state index < -0.39 is 5.91 Å². The Balaban J connectivity index is 1.71. The van der Waals surface area contributed by atoms with Gasteiger partial charge in [0.25, 0.3) is 5.91 Å². The fourth-order valence-corrected chi connectivity index (χ4v) is 3.19. The predicted octanol–water partition coefficient (Wildman–Crippen LogP) is 2.27.